The van der Waals surface area contributed by atoms with E-state index in [9.17, 15) is 8.42 Å². The van der Waals surface area contributed by atoms with Crippen molar-refractivity contribution in [1.29, 1.82) is 0 Å². The minimum absolute atomic E-state index is 0.230. The van der Waals surface area contributed by atoms with Gasteiger partial charge in [-0.3, -0.25) is 4.72 Å². The summed E-state index contributed by atoms with van der Waals surface area (Å²) in [5, 5.41) is 0. The smallest absolute Gasteiger partial charge is 0.262 e. The summed E-state index contributed by atoms with van der Waals surface area (Å²) in [7, 11) is -0.162. The normalized spacial score (nSPS) is 22.4. The van der Waals surface area contributed by atoms with Gasteiger partial charge in [0.2, 0.25) is 5.88 Å². The van der Waals surface area contributed by atoms with Crippen LogP contribution in [0.25, 0.3) is 0 Å². The van der Waals surface area contributed by atoms with Gasteiger partial charge in [0.15, 0.2) is 0 Å². The SMILES string of the molecule is COc1nc2c(cc1NS(=O)(=O)c1ccc([C@@H]3CCO[C@@H](C)C3)cc1)CCN(C)CC2. The van der Waals surface area contributed by atoms with E-state index in [1.54, 1.807) is 12.1 Å². The second kappa shape index (κ2) is 9.14. The largest absolute Gasteiger partial charge is 0.479 e. The van der Waals surface area contributed by atoms with E-state index in [-0.39, 0.29) is 11.0 Å². The molecule has 2 aromatic rings. The Labute approximate surface area is 184 Å². The molecule has 0 unspecified atom stereocenters. The maximum absolute atomic E-state index is 13.1. The number of nitrogens with zero attached hydrogens (tertiary/aromatic N) is 2. The van der Waals surface area contributed by atoms with Crippen molar-refractivity contribution in [3.8, 4) is 5.88 Å². The van der Waals surface area contributed by atoms with E-state index < -0.39 is 10.0 Å². The van der Waals surface area contributed by atoms with Crippen molar-refractivity contribution in [1.82, 2.24) is 9.88 Å². The molecule has 1 fully saturated rings. The molecular weight excluding hydrogens is 414 g/mol. The molecule has 31 heavy (non-hydrogen) atoms. The summed E-state index contributed by atoms with van der Waals surface area (Å²) in [4.78, 5) is 7.08. The number of anilines is 1. The highest BCUT2D eigenvalue weighted by atomic mass is 32.2. The highest BCUT2D eigenvalue weighted by Crippen LogP contribution is 2.32. The van der Waals surface area contributed by atoms with Crippen LogP contribution in [0.1, 0.15) is 42.5 Å². The van der Waals surface area contributed by atoms with Gasteiger partial charge in [0, 0.05) is 31.8 Å². The van der Waals surface area contributed by atoms with Gasteiger partial charge in [0.05, 0.1) is 18.1 Å². The third-order valence-electron chi connectivity index (χ3n) is 6.23. The van der Waals surface area contributed by atoms with Crippen LogP contribution in [0.5, 0.6) is 5.88 Å². The lowest BCUT2D eigenvalue weighted by Gasteiger charge is -2.27. The molecule has 1 N–H and O–H groups in total. The minimum Gasteiger partial charge on any atom is -0.479 e. The van der Waals surface area contributed by atoms with Crippen LogP contribution >= 0.6 is 0 Å². The number of fused-ring (bicyclic) bond motifs is 1. The monoisotopic (exact) mass is 445 g/mol. The van der Waals surface area contributed by atoms with Crippen molar-refractivity contribution in [2.45, 2.75) is 49.5 Å². The number of methoxy groups -OCH3 is 1. The topological polar surface area (TPSA) is 80.8 Å². The van der Waals surface area contributed by atoms with Crippen LogP contribution in [0.4, 0.5) is 5.69 Å². The summed E-state index contributed by atoms with van der Waals surface area (Å²) in [6.07, 6.45) is 3.80. The number of hydrogen-bond donors (Lipinski definition) is 1. The standard InChI is InChI=1S/C23H31N3O4S/c1-16-14-18(10-13-30-16)17-4-6-20(7-5-17)31(27,28)25-22-15-19-8-11-26(2)12-9-21(19)24-23(22)29-3/h4-7,15-16,18,25H,8-14H2,1-3H3/t16-,18+/m0/s1. The molecule has 0 aliphatic carbocycles. The molecule has 2 aliphatic rings. The zero-order chi connectivity index (χ0) is 22.0. The molecule has 7 nitrogen and oxygen atoms in total. The number of ether oxygens (including phenoxy) is 2. The molecule has 0 amide bonds. The molecule has 0 saturated carbocycles. The van der Waals surface area contributed by atoms with Crippen molar-refractivity contribution in [3.05, 3.63) is 47.2 Å². The van der Waals surface area contributed by atoms with Crippen molar-refractivity contribution >= 4 is 15.7 Å². The van der Waals surface area contributed by atoms with Gasteiger partial charge >= 0.3 is 0 Å². The minimum atomic E-state index is -3.76. The van der Waals surface area contributed by atoms with E-state index in [0.717, 1.165) is 62.2 Å². The third kappa shape index (κ3) is 5.02. The summed E-state index contributed by atoms with van der Waals surface area (Å²) in [5.74, 6) is 0.708. The maximum atomic E-state index is 13.1. The van der Waals surface area contributed by atoms with Crippen LogP contribution < -0.4 is 9.46 Å². The Morgan fingerprint density at radius 2 is 1.94 bits per heavy atom. The van der Waals surface area contributed by atoms with E-state index >= 15 is 0 Å². The van der Waals surface area contributed by atoms with Gasteiger partial charge in [0.25, 0.3) is 10.0 Å². The molecule has 1 aromatic heterocycles. The van der Waals surface area contributed by atoms with E-state index in [4.69, 9.17) is 9.47 Å². The van der Waals surface area contributed by atoms with Crippen molar-refractivity contribution in [3.63, 3.8) is 0 Å². The van der Waals surface area contributed by atoms with Crippen LogP contribution in [0.2, 0.25) is 0 Å². The molecule has 8 heteroatoms. The van der Waals surface area contributed by atoms with Gasteiger partial charge in [-0.1, -0.05) is 12.1 Å². The number of nitrogens with one attached hydrogen (secondary N) is 1. The van der Waals surface area contributed by atoms with Crippen molar-refractivity contribution in [2.24, 2.45) is 0 Å². The second-order valence-corrected chi connectivity index (χ2v) is 10.2. The Hall–Kier alpha value is -2.16. The lowest BCUT2D eigenvalue weighted by Crippen LogP contribution is -2.21. The zero-order valence-electron chi connectivity index (χ0n) is 18.4. The van der Waals surface area contributed by atoms with Gasteiger partial charge < -0.3 is 14.4 Å². The van der Waals surface area contributed by atoms with Crippen LogP contribution in [0.3, 0.4) is 0 Å². The highest BCUT2D eigenvalue weighted by molar-refractivity contribution is 7.92. The quantitative estimate of drug-likeness (QED) is 0.761. The molecule has 168 valence electrons. The van der Waals surface area contributed by atoms with Crippen molar-refractivity contribution < 1.29 is 17.9 Å². The van der Waals surface area contributed by atoms with Gasteiger partial charge in [-0.2, -0.15) is 0 Å². The Morgan fingerprint density at radius 3 is 2.65 bits per heavy atom. The average molecular weight is 446 g/mol. The van der Waals surface area contributed by atoms with Crippen LogP contribution in [0.15, 0.2) is 35.2 Å². The summed E-state index contributed by atoms with van der Waals surface area (Å²) >= 11 is 0. The predicted octanol–water partition coefficient (Wildman–Crippen LogP) is 3.20. The number of aromatic nitrogens is 1. The maximum Gasteiger partial charge on any atom is 0.262 e. The van der Waals surface area contributed by atoms with Crippen LogP contribution in [0, 0.1) is 0 Å². The van der Waals surface area contributed by atoms with Crippen LogP contribution in [-0.4, -0.2) is 58.3 Å². The van der Waals surface area contributed by atoms with Gasteiger partial charge in [-0.05, 0) is 68.5 Å². The molecular formula is C23H31N3O4S. The molecule has 1 aromatic carbocycles. The summed E-state index contributed by atoms with van der Waals surface area (Å²) in [6, 6.07) is 9.06. The number of rotatable bonds is 5. The fourth-order valence-electron chi connectivity index (χ4n) is 4.38. The fraction of sp³-hybridized carbons (Fsp3) is 0.522. The number of pyridine rings is 1. The van der Waals surface area contributed by atoms with E-state index in [2.05, 4.69) is 28.6 Å². The van der Waals surface area contributed by atoms with Gasteiger partial charge in [-0.25, -0.2) is 13.4 Å². The molecule has 0 spiro atoms. The average Bonchev–Trinajstić information content (AvgIpc) is 2.94. The van der Waals surface area contributed by atoms with Gasteiger partial charge in [-0.15, -0.1) is 0 Å². The molecule has 1 saturated heterocycles. The first-order chi connectivity index (χ1) is 14.9. The Kier molecular flexibility index (Phi) is 6.50. The number of likely N-dealkylation sites (N-methyl/N-ethyl adjacent to an activating group) is 1. The molecule has 2 atom stereocenters. The molecule has 2 aliphatic heterocycles. The summed E-state index contributed by atoms with van der Waals surface area (Å²) in [5.41, 5.74) is 3.57. The first-order valence-corrected chi connectivity index (χ1v) is 12.3. The summed E-state index contributed by atoms with van der Waals surface area (Å²) < 4.78 is 39.9. The van der Waals surface area contributed by atoms with E-state index in [1.165, 1.54) is 7.11 Å². The first-order valence-electron chi connectivity index (χ1n) is 10.9. The Balaban J connectivity index is 1.56. The lowest BCUT2D eigenvalue weighted by atomic mass is 9.89. The lowest BCUT2D eigenvalue weighted by molar-refractivity contribution is 0.0186. The predicted molar refractivity (Wildman–Crippen MR) is 120 cm³/mol. The fourth-order valence-corrected chi connectivity index (χ4v) is 5.43. The van der Waals surface area contributed by atoms with E-state index in [1.807, 2.05) is 18.2 Å². The molecule has 0 radical (unpaired) electrons. The number of hydrogen-bond acceptors (Lipinski definition) is 6. The molecule has 4 rings (SSSR count). The van der Waals surface area contributed by atoms with E-state index in [0.29, 0.717) is 17.5 Å². The zero-order valence-corrected chi connectivity index (χ0v) is 19.2. The summed E-state index contributed by atoms with van der Waals surface area (Å²) in [6.45, 7) is 4.66. The first kappa shape index (κ1) is 22.0. The number of benzene rings is 1. The molecule has 0 bridgehead atoms. The second-order valence-electron chi connectivity index (χ2n) is 8.53. The van der Waals surface area contributed by atoms with Gasteiger partial charge in [0.1, 0.15) is 5.69 Å². The third-order valence-corrected chi connectivity index (χ3v) is 7.62. The highest BCUT2D eigenvalue weighted by Gasteiger charge is 2.23. The Morgan fingerprint density at radius 1 is 1.19 bits per heavy atom. The number of sulfonamides is 1. The Bertz CT molecular complexity index is 1020. The van der Waals surface area contributed by atoms with Crippen molar-refractivity contribution in [2.75, 3.05) is 38.6 Å². The molecule has 3 heterocycles. The van der Waals surface area contributed by atoms with Crippen LogP contribution in [-0.2, 0) is 27.6 Å².